The fraction of sp³-hybridized carbons (Fsp3) is 0.455. The van der Waals surface area contributed by atoms with Gasteiger partial charge in [-0.3, -0.25) is 9.59 Å². The van der Waals surface area contributed by atoms with Crippen LogP contribution in [0.3, 0.4) is 0 Å². The maximum Gasteiger partial charge on any atom is 0.322 e. The van der Waals surface area contributed by atoms with Gasteiger partial charge in [0, 0.05) is 11.8 Å². The number of aromatic nitrogens is 2. The Morgan fingerprint density at radius 2 is 2.06 bits per heavy atom. The minimum Gasteiger partial charge on any atom is -0.480 e. The van der Waals surface area contributed by atoms with Crippen LogP contribution in [0.5, 0.6) is 0 Å². The van der Waals surface area contributed by atoms with Crippen molar-refractivity contribution in [3.8, 4) is 0 Å². The Balaban J connectivity index is 2.45. The van der Waals surface area contributed by atoms with Gasteiger partial charge >= 0.3 is 5.97 Å². The molecule has 3 N–H and O–H groups in total. The van der Waals surface area contributed by atoms with Crippen LogP contribution in [-0.2, 0) is 9.59 Å². The van der Waals surface area contributed by atoms with E-state index in [2.05, 4.69) is 20.6 Å². The number of hydrogen-bond donors (Lipinski definition) is 3. The van der Waals surface area contributed by atoms with Crippen molar-refractivity contribution in [1.29, 1.82) is 0 Å². The molecular weight excluding hydrogens is 236 g/mol. The lowest BCUT2D eigenvalue weighted by atomic mass is 10.1. The number of hydrogen-bond acceptors (Lipinski definition) is 5. The van der Waals surface area contributed by atoms with Crippen LogP contribution in [0.2, 0.25) is 0 Å². The first-order valence-corrected chi connectivity index (χ1v) is 5.53. The molecule has 0 aliphatic rings. The molecule has 0 saturated heterocycles. The Morgan fingerprint density at radius 3 is 2.67 bits per heavy atom. The molecule has 7 nitrogen and oxygen atoms in total. The number of amides is 1. The van der Waals surface area contributed by atoms with Gasteiger partial charge in [-0.15, -0.1) is 0 Å². The summed E-state index contributed by atoms with van der Waals surface area (Å²) in [5.41, 5.74) is 0.874. The molecule has 0 fully saturated rings. The minimum absolute atomic E-state index is 0.0260. The molecule has 0 unspecified atom stereocenters. The molecule has 1 amide bonds. The van der Waals surface area contributed by atoms with E-state index in [0.29, 0.717) is 5.82 Å². The van der Waals surface area contributed by atoms with Crippen LogP contribution in [0, 0.1) is 0 Å². The molecule has 0 aliphatic heterocycles. The van der Waals surface area contributed by atoms with E-state index in [-0.39, 0.29) is 19.0 Å². The summed E-state index contributed by atoms with van der Waals surface area (Å²) in [6.45, 7) is 3.60. The second-order valence-electron chi connectivity index (χ2n) is 4.01. The minimum atomic E-state index is -1.08. The average Bonchev–Trinajstić information content (AvgIpc) is 2.34. The molecule has 1 heterocycles. The van der Waals surface area contributed by atoms with Crippen molar-refractivity contribution in [2.24, 2.45) is 0 Å². The van der Waals surface area contributed by atoms with Crippen molar-refractivity contribution in [3.63, 3.8) is 0 Å². The molecule has 0 radical (unpaired) electrons. The molecule has 0 bridgehead atoms. The standard InChI is InChI=1S/C11H16N4O3/c1-7(2)8-3-9(15-6-14-8)12-4-10(16)13-5-11(17)18/h3,6-7H,4-5H2,1-2H3,(H,13,16)(H,17,18)(H,12,14,15). The zero-order valence-electron chi connectivity index (χ0n) is 10.3. The van der Waals surface area contributed by atoms with E-state index >= 15 is 0 Å². The van der Waals surface area contributed by atoms with Gasteiger partial charge in [-0.05, 0) is 5.92 Å². The molecule has 0 aromatic carbocycles. The summed E-state index contributed by atoms with van der Waals surface area (Å²) in [4.78, 5) is 29.6. The maximum absolute atomic E-state index is 11.3. The van der Waals surface area contributed by atoms with Crippen molar-refractivity contribution >= 4 is 17.7 Å². The Bertz CT molecular complexity index is 434. The number of carbonyl (C=O) groups excluding carboxylic acids is 1. The normalized spacial score (nSPS) is 10.2. The van der Waals surface area contributed by atoms with Gasteiger partial charge in [0.1, 0.15) is 18.7 Å². The summed E-state index contributed by atoms with van der Waals surface area (Å²) in [6.07, 6.45) is 1.42. The van der Waals surface area contributed by atoms with Crippen LogP contribution in [0.4, 0.5) is 5.82 Å². The molecule has 1 rings (SSSR count). The molecule has 0 saturated carbocycles. The Morgan fingerprint density at radius 1 is 1.33 bits per heavy atom. The van der Waals surface area contributed by atoms with Crippen LogP contribution in [0.1, 0.15) is 25.5 Å². The number of carbonyl (C=O) groups is 2. The smallest absolute Gasteiger partial charge is 0.322 e. The highest BCUT2D eigenvalue weighted by atomic mass is 16.4. The lowest BCUT2D eigenvalue weighted by molar-refractivity contribution is -0.137. The molecule has 0 spiro atoms. The van der Waals surface area contributed by atoms with Gasteiger partial charge in [-0.25, -0.2) is 9.97 Å². The highest BCUT2D eigenvalue weighted by molar-refractivity contribution is 5.84. The number of carboxylic acid groups (broad SMARTS) is 1. The van der Waals surface area contributed by atoms with Crippen LogP contribution in [0.15, 0.2) is 12.4 Å². The summed E-state index contributed by atoms with van der Waals surface area (Å²) in [5, 5.41) is 13.4. The summed E-state index contributed by atoms with van der Waals surface area (Å²) >= 11 is 0. The van der Waals surface area contributed by atoms with Gasteiger partial charge in [0.15, 0.2) is 0 Å². The Hall–Kier alpha value is -2.18. The quantitative estimate of drug-likeness (QED) is 0.668. The molecule has 0 aliphatic carbocycles. The van der Waals surface area contributed by atoms with Crippen molar-refractivity contribution in [3.05, 3.63) is 18.1 Å². The Kier molecular flexibility index (Phi) is 5.04. The summed E-state index contributed by atoms with van der Waals surface area (Å²) < 4.78 is 0. The lowest BCUT2D eigenvalue weighted by Crippen LogP contribution is -2.34. The number of aliphatic carboxylic acids is 1. The van der Waals surface area contributed by atoms with Gasteiger partial charge in [0.05, 0.1) is 6.54 Å². The second-order valence-corrected chi connectivity index (χ2v) is 4.01. The SMILES string of the molecule is CC(C)c1cc(NCC(=O)NCC(=O)O)ncn1. The van der Waals surface area contributed by atoms with Crippen molar-refractivity contribution in [2.75, 3.05) is 18.4 Å². The molecule has 1 aromatic heterocycles. The predicted octanol–water partition coefficient (Wildman–Crippen LogP) is 0.213. The van der Waals surface area contributed by atoms with E-state index < -0.39 is 11.9 Å². The fourth-order valence-electron chi connectivity index (χ4n) is 1.19. The fourth-order valence-corrected chi connectivity index (χ4v) is 1.19. The lowest BCUT2D eigenvalue weighted by Gasteiger charge is -2.08. The number of rotatable bonds is 6. The van der Waals surface area contributed by atoms with Gasteiger partial charge in [-0.2, -0.15) is 0 Å². The zero-order chi connectivity index (χ0) is 13.5. The Labute approximate surface area is 105 Å². The van der Waals surface area contributed by atoms with Crippen molar-refractivity contribution in [1.82, 2.24) is 15.3 Å². The van der Waals surface area contributed by atoms with Crippen molar-refractivity contribution in [2.45, 2.75) is 19.8 Å². The monoisotopic (exact) mass is 252 g/mol. The van der Waals surface area contributed by atoms with E-state index in [0.717, 1.165) is 5.69 Å². The first-order chi connectivity index (χ1) is 8.49. The summed E-state index contributed by atoms with van der Waals surface area (Å²) in [5.74, 6) is -0.664. The molecule has 18 heavy (non-hydrogen) atoms. The van der Waals surface area contributed by atoms with Crippen LogP contribution < -0.4 is 10.6 Å². The second kappa shape index (κ2) is 6.53. The van der Waals surface area contributed by atoms with Crippen LogP contribution >= 0.6 is 0 Å². The third-order valence-electron chi connectivity index (χ3n) is 2.15. The third kappa shape index (κ3) is 4.77. The number of anilines is 1. The first-order valence-electron chi connectivity index (χ1n) is 5.53. The highest BCUT2D eigenvalue weighted by Gasteiger charge is 2.06. The zero-order valence-corrected chi connectivity index (χ0v) is 10.3. The van der Waals surface area contributed by atoms with Crippen molar-refractivity contribution < 1.29 is 14.7 Å². The van der Waals surface area contributed by atoms with Gasteiger partial charge < -0.3 is 15.7 Å². The first kappa shape index (κ1) is 13.9. The van der Waals surface area contributed by atoms with E-state index in [9.17, 15) is 9.59 Å². The number of carboxylic acids is 1. The van der Waals surface area contributed by atoms with E-state index in [1.54, 1.807) is 6.07 Å². The van der Waals surface area contributed by atoms with Gasteiger partial charge in [0.2, 0.25) is 5.91 Å². The van der Waals surface area contributed by atoms with E-state index in [1.807, 2.05) is 13.8 Å². The topological polar surface area (TPSA) is 104 Å². The predicted molar refractivity (Wildman–Crippen MR) is 65.3 cm³/mol. The van der Waals surface area contributed by atoms with Crippen LogP contribution in [0.25, 0.3) is 0 Å². The van der Waals surface area contributed by atoms with Gasteiger partial charge in [-0.1, -0.05) is 13.8 Å². The molecule has 1 aromatic rings. The molecule has 7 heteroatoms. The largest absolute Gasteiger partial charge is 0.480 e. The third-order valence-corrected chi connectivity index (χ3v) is 2.15. The van der Waals surface area contributed by atoms with Gasteiger partial charge in [0.25, 0.3) is 0 Å². The number of nitrogens with zero attached hydrogens (tertiary/aromatic N) is 2. The van der Waals surface area contributed by atoms with E-state index in [4.69, 9.17) is 5.11 Å². The molecular formula is C11H16N4O3. The van der Waals surface area contributed by atoms with Crippen LogP contribution in [-0.4, -0.2) is 40.0 Å². The maximum atomic E-state index is 11.3. The van der Waals surface area contributed by atoms with E-state index in [1.165, 1.54) is 6.33 Å². The average molecular weight is 252 g/mol. The molecule has 0 atom stereocenters. The summed E-state index contributed by atoms with van der Waals surface area (Å²) in [6, 6.07) is 1.76. The summed E-state index contributed by atoms with van der Waals surface area (Å²) in [7, 11) is 0. The molecule has 98 valence electrons. The number of nitrogens with one attached hydrogen (secondary N) is 2. The highest BCUT2D eigenvalue weighted by Crippen LogP contribution is 2.13.